The zero-order valence-corrected chi connectivity index (χ0v) is 8.12. The molecule has 13 heavy (non-hydrogen) atoms. The maximum atomic E-state index is 8.86. The van der Waals surface area contributed by atoms with Crippen LogP contribution in [0.1, 0.15) is 5.56 Å². The van der Waals surface area contributed by atoms with Gasteiger partial charge < -0.3 is 10.0 Å². The van der Waals surface area contributed by atoms with Crippen molar-refractivity contribution in [2.45, 2.75) is 0 Å². The van der Waals surface area contributed by atoms with Gasteiger partial charge in [-0.05, 0) is 23.3 Å². The van der Waals surface area contributed by atoms with E-state index in [1.54, 1.807) is 0 Å². The second-order valence-corrected chi connectivity index (χ2v) is 3.20. The van der Waals surface area contributed by atoms with Gasteiger partial charge in [0.1, 0.15) is 0 Å². The Kier molecular flexibility index (Phi) is 3.09. The molecule has 0 aliphatic carbocycles. The Morgan fingerprint density at radius 2 is 1.85 bits per heavy atom. The molecule has 0 heterocycles. The van der Waals surface area contributed by atoms with Gasteiger partial charge in [0.25, 0.3) is 0 Å². The summed E-state index contributed by atoms with van der Waals surface area (Å²) in [6, 6.07) is 7.95. The van der Waals surface area contributed by atoms with Crippen LogP contribution in [0.3, 0.4) is 0 Å². The van der Waals surface area contributed by atoms with Gasteiger partial charge in [-0.2, -0.15) is 0 Å². The smallest absolute Gasteiger partial charge is 0.0681 e. The topological polar surface area (TPSA) is 23.5 Å². The van der Waals surface area contributed by atoms with E-state index >= 15 is 0 Å². The van der Waals surface area contributed by atoms with Crippen molar-refractivity contribution in [2.24, 2.45) is 0 Å². The molecule has 0 saturated heterocycles. The van der Waals surface area contributed by atoms with Crippen LogP contribution in [-0.2, 0) is 0 Å². The summed E-state index contributed by atoms with van der Waals surface area (Å²) < 4.78 is 0. The molecule has 0 atom stereocenters. The summed E-state index contributed by atoms with van der Waals surface area (Å²) in [4.78, 5) is 2.03. The molecule has 0 amide bonds. The van der Waals surface area contributed by atoms with E-state index in [1.165, 1.54) is 0 Å². The van der Waals surface area contributed by atoms with Crippen molar-refractivity contribution in [1.29, 1.82) is 0 Å². The molecule has 1 aromatic rings. The Bertz CT molecular complexity index is 287. The van der Waals surface area contributed by atoms with Gasteiger partial charge in [-0.15, -0.1) is 0 Å². The zero-order valence-electron chi connectivity index (χ0n) is 8.12. The van der Waals surface area contributed by atoms with E-state index in [0.717, 1.165) is 16.8 Å². The highest BCUT2D eigenvalue weighted by atomic mass is 16.3. The van der Waals surface area contributed by atoms with Crippen LogP contribution in [0.2, 0.25) is 0 Å². The van der Waals surface area contributed by atoms with E-state index in [4.69, 9.17) is 5.11 Å². The molecule has 1 N–H and O–H groups in total. The minimum absolute atomic E-state index is 0.0152. The Morgan fingerprint density at radius 1 is 1.31 bits per heavy atom. The lowest BCUT2D eigenvalue weighted by Crippen LogP contribution is -2.08. The molecular weight excluding hydrogens is 162 g/mol. The first-order chi connectivity index (χ1) is 6.15. The number of rotatable bonds is 3. The van der Waals surface area contributed by atoms with Crippen molar-refractivity contribution in [3.63, 3.8) is 0 Å². The van der Waals surface area contributed by atoms with E-state index in [0.29, 0.717) is 0 Å². The van der Waals surface area contributed by atoms with E-state index in [-0.39, 0.29) is 6.61 Å². The van der Waals surface area contributed by atoms with Crippen LogP contribution in [0, 0.1) is 0 Å². The molecule has 0 aromatic heterocycles. The zero-order chi connectivity index (χ0) is 9.84. The summed E-state index contributed by atoms with van der Waals surface area (Å²) in [5.41, 5.74) is 2.90. The lowest BCUT2D eigenvalue weighted by molar-refractivity contribution is 0.350. The molecule has 0 saturated carbocycles. The summed E-state index contributed by atoms with van der Waals surface area (Å²) in [5, 5.41) is 8.86. The fourth-order valence-electron chi connectivity index (χ4n) is 1.09. The minimum atomic E-state index is 0.0152. The van der Waals surface area contributed by atoms with Crippen molar-refractivity contribution in [3.8, 4) is 0 Å². The highest BCUT2D eigenvalue weighted by Gasteiger charge is 1.98. The maximum absolute atomic E-state index is 8.86. The second kappa shape index (κ2) is 4.10. The molecule has 0 fully saturated rings. The van der Waals surface area contributed by atoms with Crippen LogP contribution in [0.4, 0.5) is 5.69 Å². The van der Waals surface area contributed by atoms with Crippen molar-refractivity contribution in [3.05, 3.63) is 36.4 Å². The van der Waals surface area contributed by atoms with Gasteiger partial charge in [0.15, 0.2) is 0 Å². The Labute approximate surface area is 79.1 Å². The number of anilines is 1. The van der Waals surface area contributed by atoms with E-state index in [2.05, 4.69) is 6.58 Å². The number of aliphatic hydroxyl groups excluding tert-OH is 1. The van der Waals surface area contributed by atoms with Crippen molar-refractivity contribution in [1.82, 2.24) is 0 Å². The van der Waals surface area contributed by atoms with Crippen LogP contribution in [0.25, 0.3) is 5.57 Å². The van der Waals surface area contributed by atoms with E-state index in [1.807, 2.05) is 43.3 Å². The first-order valence-electron chi connectivity index (χ1n) is 4.21. The highest BCUT2D eigenvalue weighted by molar-refractivity contribution is 5.65. The average molecular weight is 177 g/mol. The third-order valence-corrected chi connectivity index (χ3v) is 1.98. The van der Waals surface area contributed by atoms with Crippen LogP contribution >= 0.6 is 0 Å². The Morgan fingerprint density at radius 3 is 2.23 bits per heavy atom. The molecule has 70 valence electrons. The van der Waals surface area contributed by atoms with Gasteiger partial charge in [-0.3, -0.25) is 0 Å². The third-order valence-electron chi connectivity index (χ3n) is 1.98. The molecule has 1 aromatic carbocycles. The molecule has 0 spiro atoms. The van der Waals surface area contributed by atoms with Crippen molar-refractivity contribution in [2.75, 3.05) is 25.6 Å². The van der Waals surface area contributed by atoms with Crippen LogP contribution in [-0.4, -0.2) is 25.8 Å². The first-order valence-corrected chi connectivity index (χ1v) is 4.21. The molecule has 0 radical (unpaired) electrons. The Hall–Kier alpha value is -1.28. The van der Waals surface area contributed by atoms with Gasteiger partial charge >= 0.3 is 0 Å². The summed E-state index contributed by atoms with van der Waals surface area (Å²) >= 11 is 0. The first kappa shape index (κ1) is 9.81. The molecule has 0 aliphatic rings. The maximum Gasteiger partial charge on any atom is 0.0681 e. The Balaban J connectivity index is 2.87. The van der Waals surface area contributed by atoms with Gasteiger partial charge in [-0.1, -0.05) is 18.7 Å². The van der Waals surface area contributed by atoms with E-state index < -0.39 is 0 Å². The van der Waals surface area contributed by atoms with Crippen LogP contribution in [0.15, 0.2) is 30.8 Å². The van der Waals surface area contributed by atoms with Gasteiger partial charge in [0.05, 0.1) is 6.61 Å². The molecule has 2 heteroatoms. The second-order valence-electron chi connectivity index (χ2n) is 3.20. The lowest BCUT2D eigenvalue weighted by Gasteiger charge is -2.12. The number of hydrogen-bond acceptors (Lipinski definition) is 2. The number of aliphatic hydroxyl groups is 1. The van der Waals surface area contributed by atoms with Crippen molar-refractivity contribution >= 4 is 11.3 Å². The van der Waals surface area contributed by atoms with Gasteiger partial charge in [-0.25, -0.2) is 0 Å². The molecule has 0 unspecified atom stereocenters. The van der Waals surface area contributed by atoms with Gasteiger partial charge in [0.2, 0.25) is 0 Å². The fraction of sp³-hybridized carbons (Fsp3) is 0.273. The monoisotopic (exact) mass is 177 g/mol. The summed E-state index contributed by atoms with van der Waals surface area (Å²) in [7, 11) is 3.99. The van der Waals surface area contributed by atoms with E-state index in [9.17, 15) is 0 Å². The largest absolute Gasteiger partial charge is 0.392 e. The third kappa shape index (κ3) is 2.33. The quantitative estimate of drug-likeness (QED) is 0.760. The molecular formula is C11H15NO. The number of hydrogen-bond donors (Lipinski definition) is 1. The fourth-order valence-corrected chi connectivity index (χ4v) is 1.09. The molecule has 2 nitrogen and oxygen atoms in total. The predicted molar refractivity (Wildman–Crippen MR) is 56.9 cm³/mol. The summed E-state index contributed by atoms with van der Waals surface area (Å²) in [6.07, 6.45) is 0. The average Bonchev–Trinajstić information content (AvgIpc) is 2.17. The van der Waals surface area contributed by atoms with Crippen LogP contribution < -0.4 is 4.90 Å². The summed E-state index contributed by atoms with van der Waals surface area (Å²) in [6.45, 7) is 3.77. The SMILES string of the molecule is C=C(CO)c1ccc(N(C)C)cc1. The molecule has 0 aliphatic heterocycles. The normalized spacial score (nSPS) is 9.77. The highest BCUT2D eigenvalue weighted by Crippen LogP contribution is 2.16. The molecule has 1 rings (SSSR count). The number of nitrogens with zero attached hydrogens (tertiary/aromatic N) is 1. The predicted octanol–water partition coefficient (Wildman–Crippen LogP) is 1.76. The molecule has 0 bridgehead atoms. The standard InChI is InChI=1S/C11H15NO/c1-9(8-13)10-4-6-11(7-5-10)12(2)3/h4-7,13H,1,8H2,2-3H3. The summed E-state index contributed by atoms with van der Waals surface area (Å²) in [5.74, 6) is 0. The minimum Gasteiger partial charge on any atom is -0.392 e. The van der Waals surface area contributed by atoms with Crippen LogP contribution in [0.5, 0.6) is 0 Å². The van der Waals surface area contributed by atoms with Gasteiger partial charge in [0, 0.05) is 19.8 Å². The number of benzene rings is 1. The lowest BCUT2D eigenvalue weighted by atomic mass is 10.1. The van der Waals surface area contributed by atoms with Crippen molar-refractivity contribution < 1.29 is 5.11 Å².